The van der Waals surface area contributed by atoms with Gasteiger partial charge in [-0.2, -0.15) is 0 Å². The van der Waals surface area contributed by atoms with Gasteiger partial charge in [0.25, 0.3) is 0 Å². The number of unbranched alkanes of at least 4 members (excludes halogenated alkanes) is 13. The predicted molar refractivity (Wildman–Crippen MR) is 275 cm³/mol. The van der Waals surface area contributed by atoms with Crippen LogP contribution in [0.4, 0.5) is 0 Å². The van der Waals surface area contributed by atoms with E-state index >= 15 is 0 Å². The van der Waals surface area contributed by atoms with E-state index in [1.165, 1.54) is 38.5 Å². The van der Waals surface area contributed by atoms with Crippen LogP contribution in [0.2, 0.25) is 0 Å². The number of hydrogen-bond donors (Lipinski definition) is 6. The van der Waals surface area contributed by atoms with Crippen molar-refractivity contribution in [3.8, 4) is 0 Å². The van der Waals surface area contributed by atoms with Gasteiger partial charge in [-0.05, 0) is 25.7 Å². The molecule has 0 aliphatic rings. The van der Waals surface area contributed by atoms with Crippen molar-refractivity contribution >= 4 is 47.1 Å². The Morgan fingerprint density at radius 2 is 0.757 bits per heavy atom. The van der Waals surface area contributed by atoms with Crippen LogP contribution in [0.5, 0.6) is 0 Å². The van der Waals surface area contributed by atoms with Crippen molar-refractivity contribution in [3.05, 3.63) is 0 Å². The second-order valence-electron chi connectivity index (χ2n) is 18.9. The molecule has 0 aromatic rings. The van der Waals surface area contributed by atoms with Gasteiger partial charge >= 0.3 is 11.9 Å². The molecule has 0 heterocycles. The third kappa shape index (κ3) is 50.0. The monoisotopic (exact) mass is 1060 g/mol. The zero-order valence-electron chi connectivity index (χ0n) is 45.1. The van der Waals surface area contributed by atoms with E-state index in [9.17, 15) is 43.5 Å². The van der Waals surface area contributed by atoms with Gasteiger partial charge in [-0.3, -0.25) is 33.6 Å². The number of ether oxygens (including phenoxy) is 8. The summed E-state index contributed by atoms with van der Waals surface area (Å²) in [6, 6.07) is -1.15. The average Bonchev–Trinajstić information content (AvgIpc) is 3.35. The fourth-order valence-corrected chi connectivity index (χ4v) is 6.68. The Labute approximate surface area is 439 Å². The number of carboxylic acid groups (broad SMARTS) is 2. The molecule has 430 valence electrons. The molecule has 1 atom stereocenters. The molecule has 4 amide bonds. The molecule has 0 saturated heterocycles. The Morgan fingerprint density at radius 3 is 1.19 bits per heavy atom. The molecule has 6 N–H and O–H groups in total. The molecular formula is C52H94N4O18. The zero-order valence-corrected chi connectivity index (χ0v) is 45.1. The van der Waals surface area contributed by atoms with Gasteiger partial charge in [0, 0.05) is 57.3 Å². The molecule has 0 saturated carbocycles. The van der Waals surface area contributed by atoms with Gasteiger partial charge in [0.2, 0.25) is 23.6 Å². The molecule has 0 aliphatic heterocycles. The van der Waals surface area contributed by atoms with E-state index in [2.05, 4.69) is 21.3 Å². The molecule has 22 nitrogen and oxygen atoms in total. The maximum absolute atomic E-state index is 12.4. The highest BCUT2D eigenvalue weighted by Gasteiger charge is 2.22. The molecule has 0 aliphatic carbocycles. The molecule has 0 unspecified atom stereocenters. The van der Waals surface area contributed by atoms with Crippen LogP contribution in [0.15, 0.2) is 0 Å². The van der Waals surface area contributed by atoms with Crippen molar-refractivity contribution < 1.29 is 86.5 Å². The van der Waals surface area contributed by atoms with E-state index in [-0.39, 0.29) is 153 Å². The molecule has 0 spiro atoms. The van der Waals surface area contributed by atoms with E-state index in [0.717, 1.165) is 44.9 Å². The number of carbonyl (C=O) groups is 8. The SMILES string of the molecule is CC(C)(C)C(=O)COCCOCCNC(=O)COCCOCCCC(=O)COCCOCCNC(=O)COCCOCCNC(=O)CC[C@H](NC(=O)CCCCCCCCCCCCCCCCC(=O)O)C(=O)O. The standard InChI is InChI=1S/C52H94N4O18/c1-52(2,3)45(58)40-72-36-33-70-30-26-55-48(61)41-73-37-31-67-27-18-19-43(57)39-71-35-32-69-29-25-54-49(62)42-74-38-34-68-28-24-53-46(59)23-22-44(51(65)66)56-47(60)20-16-14-12-10-8-6-4-5-7-9-11-13-15-17-21-50(63)64/h44H,4-42H2,1-3H3,(H,53,59)(H,54,62)(H,55,61)(H,56,60)(H,63,64)(H,65,66)/t44-/m0/s1. The molecule has 0 fully saturated rings. The maximum atomic E-state index is 12.4. The number of carboxylic acids is 2. The first-order valence-corrected chi connectivity index (χ1v) is 26.8. The molecule has 0 rings (SSSR count). The lowest BCUT2D eigenvalue weighted by Crippen LogP contribution is -2.41. The van der Waals surface area contributed by atoms with Crippen LogP contribution in [0.3, 0.4) is 0 Å². The van der Waals surface area contributed by atoms with Crippen molar-refractivity contribution in [2.24, 2.45) is 5.41 Å². The van der Waals surface area contributed by atoms with Crippen LogP contribution in [0, 0.1) is 5.41 Å². The van der Waals surface area contributed by atoms with Crippen molar-refractivity contribution in [3.63, 3.8) is 0 Å². The Morgan fingerprint density at radius 1 is 0.378 bits per heavy atom. The van der Waals surface area contributed by atoms with Crippen molar-refractivity contribution in [1.29, 1.82) is 0 Å². The van der Waals surface area contributed by atoms with Crippen LogP contribution in [0.25, 0.3) is 0 Å². The summed E-state index contributed by atoms with van der Waals surface area (Å²) >= 11 is 0. The normalized spacial score (nSPS) is 11.8. The first-order chi connectivity index (χ1) is 35.6. The molecule has 74 heavy (non-hydrogen) atoms. The predicted octanol–water partition coefficient (Wildman–Crippen LogP) is 4.11. The summed E-state index contributed by atoms with van der Waals surface area (Å²) in [6.45, 7) is 9.05. The fourth-order valence-electron chi connectivity index (χ4n) is 6.68. The summed E-state index contributed by atoms with van der Waals surface area (Å²) in [4.78, 5) is 94.4. The molecule has 0 aromatic carbocycles. The van der Waals surface area contributed by atoms with Gasteiger partial charge in [-0.15, -0.1) is 0 Å². The Hall–Kier alpha value is -4.16. The van der Waals surface area contributed by atoms with E-state index in [4.69, 9.17) is 43.0 Å². The lowest BCUT2D eigenvalue weighted by molar-refractivity contribution is -0.142. The number of ketones is 2. The van der Waals surface area contributed by atoms with Crippen LogP contribution in [0.1, 0.15) is 149 Å². The zero-order chi connectivity index (χ0) is 54.8. The highest BCUT2D eigenvalue weighted by Crippen LogP contribution is 2.15. The van der Waals surface area contributed by atoms with E-state index in [1.54, 1.807) is 0 Å². The van der Waals surface area contributed by atoms with E-state index < -0.39 is 23.4 Å². The smallest absolute Gasteiger partial charge is 0.326 e. The second kappa shape index (κ2) is 49.7. The number of Topliss-reactive ketones (excluding diaryl/α,β-unsaturated/α-hetero) is 2. The minimum Gasteiger partial charge on any atom is -0.481 e. The van der Waals surface area contributed by atoms with Crippen LogP contribution >= 0.6 is 0 Å². The lowest BCUT2D eigenvalue weighted by Gasteiger charge is -2.16. The number of carbonyl (C=O) groups excluding carboxylic acids is 6. The summed E-state index contributed by atoms with van der Waals surface area (Å²) in [5.41, 5.74) is -0.436. The summed E-state index contributed by atoms with van der Waals surface area (Å²) in [5.74, 6) is -3.26. The van der Waals surface area contributed by atoms with Crippen molar-refractivity contribution in [1.82, 2.24) is 21.3 Å². The third-order valence-corrected chi connectivity index (χ3v) is 11.1. The lowest BCUT2D eigenvalue weighted by atomic mass is 9.91. The highest BCUT2D eigenvalue weighted by atomic mass is 16.5. The highest BCUT2D eigenvalue weighted by molar-refractivity contribution is 5.85. The van der Waals surface area contributed by atoms with Crippen molar-refractivity contribution in [2.45, 2.75) is 155 Å². The maximum Gasteiger partial charge on any atom is 0.326 e. The summed E-state index contributed by atoms with van der Waals surface area (Å²) in [7, 11) is 0. The van der Waals surface area contributed by atoms with Gasteiger partial charge in [0.1, 0.15) is 32.5 Å². The van der Waals surface area contributed by atoms with Crippen molar-refractivity contribution in [2.75, 3.05) is 125 Å². The third-order valence-electron chi connectivity index (χ3n) is 11.1. The van der Waals surface area contributed by atoms with E-state index in [0.29, 0.717) is 52.2 Å². The van der Waals surface area contributed by atoms with Gasteiger partial charge in [0.15, 0.2) is 11.6 Å². The quantitative estimate of drug-likeness (QED) is 0.0467. The number of nitrogens with one attached hydrogen (secondary N) is 4. The minimum atomic E-state index is -1.19. The van der Waals surface area contributed by atoms with E-state index in [1.807, 2.05) is 20.8 Å². The van der Waals surface area contributed by atoms with Gasteiger partial charge in [-0.1, -0.05) is 97.8 Å². The molecule has 0 bridgehead atoms. The molecular weight excluding hydrogens is 969 g/mol. The molecule has 22 heteroatoms. The first kappa shape index (κ1) is 69.8. The second-order valence-corrected chi connectivity index (χ2v) is 18.9. The number of aliphatic carboxylic acids is 2. The van der Waals surface area contributed by atoms with Crippen LogP contribution in [-0.4, -0.2) is 189 Å². The Bertz CT molecular complexity index is 1500. The van der Waals surface area contributed by atoms with Crippen LogP contribution < -0.4 is 21.3 Å². The number of amides is 4. The summed E-state index contributed by atoms with van der Waals surface area (Å²) in [6.07, 6.45) is 16.2. The first-order valence-electron chi connectivity index (χ1n) is 26.8. The molecule has 0 aromatic heterocycles. The fraction of sp³-hybridized carbons (Fsp3) is 0.846. The average molecular weight is 1060 g/mol. The van der Waals surface area contributed by atoms with Crippen LogP contribution in [-0.2, 0) is 76.3 Å². The Balaban J connectivity index is 3.59. The largest absolute Gasteiger partial charge is 0.481 e. The summed E-state index contributed by atoms with van der Waals surface area (Å²) in [5, 5.41) is 28.7. The number of rotatable bonds is 55. The van der Waals surface area contributed by atoms with Gasteiger partial charge in [0.05, 0.1) is 72.7 Å². The minimum absolute atomic E-state index is 0.0224. The summed E-state index contributed by atoms with van der Waals surface area (Å²) < 4.78 is 42.8. The Kier molecular flexibility index (Phi) is 46.9. The topological polar surface area (TPSA) is 299 Å². The molecule has 0 radical (unpaired) electrons. The van der Waals surface area contributed by atoms with Gasteiger partial charge < -0.3 is 69.4 Å². The number of hydrogen-bond acceptors (Lipinski definition) is 16. The van der Waals surface area contributed by atoms with Gasteiger partial charge in [-0.25, -0.2) is 4.79 Å².